The highest BCUT2D eigenvalue weighted by atomic mass is 16.7. The second kappa shape index (κ2) is 6.93. The molecule has 96 valence electrons. The number of primary amides is 1. The number of rotatable bonds is 3. The summed E-state index contributed by atoms with van der Waals surface area (Å²) in [5.74, 6) is -0.425. The van der Waals surface area contributed by atoms with Gasteiger partial charge in [-0.25, -0.2) is 4.79 Å². The van der Waals surface area contributed by atoms with E-state index in [1.165, 1.54) is 7.11 Å². The van der Waals surface area contributed by atoms with Crippen molar-refractivity contribution >= 4 is 12.1 Å². The summed E-state index contributed by atoms with van der Waals surface area (Å²) in [5.41, 5.74) is 5.20. The molecule has 2 unspecified atom stereocenters. The van der Waals surface area contributed by atoms with Crippen LogP contribution in [0.25, 0.3) is 0 Å². The van der Waals surface area contributed by atoms with Gasteiger partial charge in [-0.2, -0.15) is 0 Å². The van der Waals surface area contributed by atoms with E-state index in [1.54, 1.807) is 0 Å². The Balaban J connectivity index is 2.69. The average molecular weight is 241 g/mol. The van der Waals surface area contributed by atoms with E-state index in [1.807, 2.05) is 12.2 Å². The average Bonchev–Trinajstić information content (AvgIpc) is 2.26. The molecule has 0 aliphatic heterocycles. The summed E-state index contributed by atoms with van der Waals surface area (Å²) < 4.78 is 9.60. The molecular formula is C12H19NO4. The zero-order valence-corrected chi connectivity index (χ0v) is 10.1. The van der Waals surface area contributed by atoms with Gasteiger partial charge in [-0.1, -0.05) is 12.5 Å². The minimum absolute atomic E-state index is 0.0526. The van der Waals surface area contributed by atoms with Crippen molar-refractivity contribution < 1.29 is 19.1 Å². The first kappa shape index (κ1) is 13.5. The molecule has 0 aromatic rings. The molecule has 2 N–H and O–H groups in total. The molecule has 0 radical (unpaired) electrons. The lowest BCUT2D eigenvalue weighted by molar-refractivity contribution is -0.119. The third kappa shape index (κ3) is 4.89. The topological polar surface area (TPSA) is 78.6 Å². The molecule has 5 heteroatoms. The molecule has 0 bridgehead atoms. The van der Waals surface area contributed by atoms with Crippen molar-refractivity contribution in [1.29, 1.82) is 0 Å². The maximum atomic E-state index is 11.1. The third-order valence-corrected chi connectivity index (χ3v) is 2.85. The van der Waals surface area contributed by atoms with Crippen LogP contribution in [0.1, 0.15) is 32.1 Å². The van der Waals surface area contributed by atoms with E-state index in [9.17, 15) is 9.59 Å². The zero-order valence-electron chi connectivity index (χ0n) is 10.1. The standard InChI is InChI=1S/C12H19NO4/c1-16-12(15)17-10-7-5-3-2-4-6-9(10)8-11(13)14/h5,7,9-10H,2-4,6,8H2,1H3,(H2,13,14)/b7-5+. The normalized spacial score (nSPS) is 26.4. The number of methoxy groups -OCH3 is 1. The molecule has 0 fully saturated rings. The SMILES string of the molecule is COC(=O)OC1/C=C/CCCCC1CC(N)=O. The molecule has 2 atom stereocenters. The van der Waals surface area contributed by atoms with Crippen LogP contribution in [0.3, 0.4) is 0 Å². The molecule has 5 nitrogen and oxygen atoms in total. The predicted molar refractivity (Wildman–Crippen MR) is 62.2 cm³/mol. The van der Waals surface area contributed by atoms with Gasteiger partial charge < -0.3 is 15.2 Å². The molecule has 0 aromatic carbocycles. The van der Waals surface area contributed by atoms with Crippen LogP contribution in [0.15, 0.2) is 12.2 Å². The number of hydrogen-bond acceptors (Lipinski definition) is 4. The van der Waals surface area contributed by atoms with E-state index < -0.39 is 12.3 Å². The monoisotopic (exact) mass is 241 g/mol. The second-order valence-corrected chi connectivity index (χ2v) is 4.18. The number of ether oxygens (including phenoxy) is 2. The fraction of sp³-hybridized carbons (Fsp3) is 0.667. The highest BCUT2D eigenvalue weighted by Crippen LogP contribution is 2.24. The van der Waals surface area contributed by atoms with E-state index in [2.05, 4.69) is 4.74 Å². The molecule has 0 saturated carbocycles. The summed E-state index contributed by atoms with van der Waals surface area (Å²) in [6.07, 6.45) is 6.75. The molecule has 1 aliphatic carbocycles. The van der Waals surface area contributed by atoms with Gasteiger partial charge in [-0.3, -0.25) is 4.79 Å². The van der Waals surface area contributed by atoms with Crippen LogP contribution in [0.5, 0.6) is 0 Å². The molecule has 0 spiro atoms. The van der Waals surface area contributed by atoms with Crippen molar-refractivity contribution in [2.24, 2.45) is 11.7 Å². The van der Waals surface area contributed by atoms with Gasteiger partial charge >= 0.3 is 6.16 Å². The highest BCUT2D eigenvalue weighted by Gasteiger charge is 2.25. The first-order valence-electron chi connectivity index (χ1n) is 5.83. The maximum Gasteiger partial charge on any atom is 0.508 e. The predicted octanol–water partition coefficient (Wildman–Crippen LogP) is 1.76. The van der Waals surface area contributed by atoms with Gasteiger partial charge in [-0.05, 0) is 25.3 Å². The number of hydrogen-bond donors (Lipinski definition) is 1. The molecule has 1 rings (SSSR count). The summed E-state index contributed by atoms with van der Waals surface area (Å²) in [6, 6.07) is 0. The number of carbonyl (C=O) groups is 2. The van der Waals surface area contributed by atoms with Gasteiger partial charge in [0.2, 0.25) is 5.91 Å². The number of carbonyl (C=O) groups excluding carboxylic acids is 2. The number of allylic oxidation sites excluding steroid dienone is 1. The lowest BCUT2D eigenvalue weighted by Gasteiger charge is -2.24. The largest absolute Gasteiger partial charge is 0.508 e. The van der Waals surface area contributed by atoms with E-state index in [0.29, 0.717) is 0 Å². The van der Waals surface area contributed by atoms with E-state index in [4.69, 9.17) is 10.5 Å². The van der Waals surface area contributed by atoms with Crippen LogP contribution < -0.4 is 5.73 Å². The molecule has 1 amide bonds. The lowest BCUT2D eigenvalue weighted by Crippen LogP contribution is -2.30. The van der Waals surface area contributed by atoms with Crippen LogP contribution in [-0.2, 0) is 14.3 Å². The summed E-state index contributed by atoms with van der Waals surface area (Å²) in [6.45, 7) is 0. The second-order valence-electron chi connectivity index (χ2n) is 4.18. The minimum Gasteiger partial charge on any atom is -0.438 e. The maximum absolute atomic E-state index is 11.1. The minimum atomic E-state index is -0.727. The van der Waals surface area contributed by atoms with E-state index in [0.717, 1.165) is 25.7 Å². The summed E-state index contributed by atoms with van der Waals surface area (Å²) in [7, 11) is 1.26. The van der Waals surface area contributed by atoms with Gasteiger partial charge in [-0.15, -0.1) is 0 Å². The van der Waals surface area contributed by atoms with Crippen molar-refractivity contribution in [3.8, 4) is 0 Å². The van der Waals surface area contributed by atoms with Crippen molar-refractivity contribution in [1.82, 2.24) is 0 Å². The fourth-order valence-electron chi connectivity index (χ4n) is 1.99. The van der Waals surface area contributed by atoms with Crippen LogP contribution in [0.2, 0.25) is 0 Å². The molecule has 0 aromatic heterocycles. The van der Waals surface area contributed by atoms with Crippen molar-refractivity contribution in [2.45, 2.75) is 38.2 Å². The molecule has 0 heterocycles. The van der Waals surface area contributed by atoms with Crippen molar-refractivity contribution in [3.63, 3.8) is 0 Å². The Labute approximate surface area is 101 Å². The summed E-state index contributed by atoms with van der Waals surface area (Å²) in [5, 5.41) is 0. The van der Waals surface area contributed by atoms with Crippen molar-refractivity contribution in [3.05, 3.63) is 12.2 Å². The van der Waals surface area contributed by atoms with Gasteiger partial charge in [0.05, 0.1) is 7.11 Å². The third-order valence-electron chi connectivity index (χ3n) is 2.85. The summed E-state index contributed by atoms with van der Waals surface area (Å²) >= 11 is 0. The number of nitrogens with two attached hydrogens (primary N) is 1. The quantitative estimate of drug-likeness (QED) is 0.603. The Hall–Kier alpha value is -1.52. The lowest BCUT2D eigenvalue weighted by atomic mass is 9.89. The first-order valence-corrected chi connectivity index (χ1v) is 5.83. The smallest absolute Gasteiger partial charge is 0.438 e. The molecule has 1 aliphatic rings. The Morgan fingerprint density at radius 2 is 2.18 bits per heavy atom. The van der Waals surface area contributed by atoms with E-state index >= 15 is 0 Å². The Morgan fingerprint density at radius 3 is 2.82 bits per heavy atom. The van der Waals surface area contributed by atoms with Crippen LogP contribution >= 0.6 is 0 Å². The van der Waals surface area contributed by atoms with Gasteiger partial charge in [0, 0.05) is 12.3 Å². The van der Waals surface area contributed by atoms with Gasteiger partial charge in [0.15, 0.2) is 0 Å². The van der Waals surface area contributed by atoms with Crippen LogP contribution in [0.4, 0.5) is 4.79 Å². The van der Waals surface area contributed by atoms with Gasteiger partial charge in [0.1, 0.15) is 6.10 Å². The zero-order chi connectivity index (χ0) is 12.7. The molecule has 0 saturated heterocycles. The fourth-order valence-corrected chi connectivity index (χ4v) is 1.99. The van der Waals surface area contributed by atoms with Crippen molar-refractivity contribution in [2.75, 3.05) is 7.11 Å². The van der Waals surface area contributed by atoms with E-state index in [-0.39, 0.29) is 18.2 Å². The molecule has 17 heavy (non-hydrogen) atoms. The number of amides is 1. The van der Waals surface area contributed by atoms with Gasteiger partial charge in [0.25, 0.3) is 0 Å². The first-order chi connectivity index (χ1) is 8.13. The summed E-state index contributed by atoms with van der Waals surface area (Å²) in [4.78, 5) is 22.1. The van der Waals surface area contributed by atoms with Crippen LogP contribution in [-0.4, -0.2) is 25.3 Å². The molecular weight excluding hydrogens is 222 g/mol. The Morgan fingerprint density at radius 1 is 1.41 bits per heavy atom. The van der Waals surface area contributed by atoms with Crippen LogP contribution in [0, 0.1) is 5.92 Å². The Kier molecular flexibility index (Phi) is 5.52. The highest BCUT2D eigenvalue weighted by molar-refractivity contribution is 5.74. The Bertz CT molecular complexity index is 301.